The molecule has 0 spiro atoms. The maximum Gasteiger partial charge on any atom is 0.173 e. The van der Waals surface area contributed by atoms with Gasteiger partial charge in [0.05, 0.1) is 23.8 Å². The number of aliphatic hydroxyl groups excluding tert-OH is 1. The fraction of sp³-hybridized carbons (Fsp3) is 0.571. The molecule has 108 valence electrons. The second kappa shape index (κ2) is 6.07. The van der Waals surface area contributed by atoms with Crippen molar-refractivity contribution in [2.75, 3.05) is 6.61 Å². The third kappa shape index (κ3) is 3.81. The highest BCUT2D eigenvalue weighted by molar-refractivity contribution is 6.32. The Labute approximate surface area is 118 Å². The molecule has 0 unspecified atom stereocenters. The van der Waals surface area contributed by atoms with Gasteiger partial charge in [0.2, 0.25) is 0 Å². The molecule has 0 fully saturated rings. The summed E-state index contributed by atoms with van der Waals surface area (Å²) >= 11 is 5.97. The molecule has 2 atom stereocenters. The molecule has 0 bridgehead atoms. The SMILES string of the molecule is CCOc1c(F)cc([C@@H](N)[C@@H](O)C(C)(C)C)cc1Cl. The third-order valence-corrected chi connectivity index (χ3v) is 3.20. The molecule has 0 heterocycles. The highest BCUT2D eigenvalue weighted by atomic mass is 35.5. The summed E-state index contributed by atoms with van der Waals surface area (Å²) in [6, 6.07) is 2.09. The van der Waals surface area contributed by atoms with E-state index in [0.29, 0.717) is 12.2 Å². The summed E-state index contributed by atoms with van der Waals surface area (Å²) in [5.41, 5.74) is 6.02. The Morgan fingerprint density at radius 2 is 2.00 bits per heavy atom. The zero-order valence-electron chi connectivity index (χ0n) is 11.7. The molecule has 1 aromatic rings. The van der Waals surface area contributed by atoms with Gasteiger partial charge in [0.15, 0.2) is 11.6 Å². The molecule has 0 amide bonds. The number of halogens is 2. The standard InChI is InChI=1S/C14H21ClFNO2/c1-5-19-12-9(15)6-8(7-10(12)16)11(17)13(18)14(2,3)4/h6-7,11,13,18H,5,17H2,1-4H3/t11-,13-/m1/s1. The molecule has 0 aliphatic carbocycles. The van der Waals surface area contributed by atoms with Crippen molar-refractivity contribution in [1.82, 2.24) is 0 Å². The Morgan fingerprint density at radius 1 is 1.42 bits per heavy atom. The van der Waals surface area contributed by atoms with E-state index in [1.54, 1.807) is 6.92 Å². The molecule has 3 nitrogen and oxygen atoms in total. The number of benzene rings is 1. The van der Waals surface area contributed by atoms with E-state index < -0.39 is 23.4 Å². The lowest BCUT2D eigenvalue weighted by Gasteiger charge is -2.31. The molecule has 0 aliphatic rings. The van der Waals surface area contributed by atoms with Gasteiger partial charge in [0, 0.05) is 0 Å². The van der Waals surface area contributed by atoms with Gasteiger partial charge in [-0.2, -0.15) is 0 Å². The van der Waals surface area contributed by atoms with Crippen molar-refractivity contribution in [3.05, 3.63) is 28.5 Å². The van der Waals surface area contributed by atoms with E-state index in [1.807, 2.05) is 20.8 Å². The fourth-order valence-corrected chi connectivity index (χ4v) is 2.05. The molecule has 0 saturated carbocycles. The molecular formula is C14H21ClFNO2. The summed E-state index contributed by atoms with van der Waals surface area (Å²) < 4.78 is 19.0. The number of rotatable bonds is 4. The largest absolute Gasteiger partial charge is 0.489 e. The van der Waals surface area contributed by atoms with E-state index in [-0.39, 0.29) is 10.8 Å². The van der Waals surface area contributed by atoms with E-state index in [1.165, 1.54) is 12.1 Å². The van der Waals surface area contributed by atoms with E-state index in [2.05, 4.69) is 0 Å². The average molecular weight is 290 g/mol. The molecule has 19 heavy (non-hydrogen) atoms. The first-order valence-electron chi connectivity index (χ1n) is 6.23. The second-order valence-corrected chi connectivity index (χ2v) is 5.99. The van der Waals surface area contributed by atoms with Crippen LogP contribution in [-0.4, -0.2) is 17.8 Å². The van der Waals surface area contributed by atoms with Crippen LogP contribution in [0.5, 0.6) is 5.75 Å². The van der Waals surface area contributed by atoms with Crippen LogP contribution in [0.3, 0.4) is 0 Å². The van der Waals surface area contributed by atoms with Crippen molar-refractivity contribution >= 4 is 11.6 Å². The van der Waals surface area contributed by atoms with E-state index in [9.17, 15) is 9.50 Å². The van der Waals surface area contributed by atoms with Gasteiger partial charge < -0.3 is 15.6 Å². The first-order chi connectivity index (χ1) is 8.68. The van der Waals surface area contributed by atoms with Gasteiger partial charge >= 0.3 is 0 Å². The molecule has 3 N–H and O–H groups in total. The Kier molecular flexibility index (Phi) is 5.18. The Morgan fingerprint density at radius 3 is 2.42 bits per heavy atom. The summed E-state index contributed by atoms with van der Waals surface area (Å²) in [6.07, 6.45) is -0.805. The molecule has 0 aromatic heterocycles. The molecule has 5 heteroatoms. The molecular weight excluding hydrogens is 269 g/mol. The van der Waals surface area contributed by atoms with Crippen LogP contribution in [0.1, 0.15) is 39.3 Å². The topological polar surface area (TPSA) is 55.5 Å². The lowest BCUT2D eigenvalue weighted by Crippen LogP contribution is -2.37. The van der Waals surface area contributed by atoms with Gasteiger partial charge in [-0.25, -0.2) is 4.39 Å². The van der Waals surface area contributed by atoms with Crippen molar-refractivity contribution in [1.29, 1.82) is 0 Å². The Bertz CT molecular complexity index is 423. The van der Waals surface area contributed by atoms with Crippen LogP contribution in [0.2, 0.25) is 5.02 Å². The summed E-state index contributed by atoms with van der Waals surface area (Å²) in [6.45, 7) is 7.67. The van der Waals surface area contributed by atoms with Crippen LogP contribution in [-0.2, 0) is 0 Å². The van der Waals surface area contributed by atoms with Crippen molar-refractivity contribution in [3.63, 3.8) is 0 Å². The zero-order chi connectivity index (χ0) is 14.8. The number of ether oxygens (including phenoxy) is 1. The Balaban J connectivity index is 3.09. The zero-order valence-corrected chi connectivity index (χ0v) is 12.5. The van der Waals surface area contributed by atoms with E-state index in [0.717, 1.165) is 0 Å². The van der Waals surface area contributed by atoms with E-state index in [4.69, 9.17) is 22.1 Å². The number of aliphatic hydroxyl groups is 1. The molecule has 1 aromatic carbocycles. The minimum Gasteiger partial charge on any atom is -0.489 e. The van der Waals surface area contributed by atoms with Crippen molar-refractivity contribution in [3.8, 4) is 5.75 Å². The van der Waals surface area contributed by atoms with Crippen molar-refractivity contribution < 1.29 is 14.2 Å². The van der Waals surface area contributed by atoms with E-state index >= 15 is 0 Å². The molecule has 0 aliphatic heterocycles. The van der Waals surface area contributed by atoms with Crippen LogP contribution in [0.4, 0.5) is 4.39 Å². The highest BCUT2D eigenvalue weighted by Gasteiger charge is 2.30. The highest BCUT2D eigenvalue weighted by Crippen LogP contribution is 2.34. The van der Waals surface area contributed by atoms with Gasteiger partial charge in [0.25, 0.3) is 0 Å². The predicted octanol–water partition coefficient (Wildman–Crippen LogP) is 3.28. The van der Waals surface area contributed by atoms with Crippen LogP contribution in [0.25, 0.3) is 0 Å². The molecule has 1 rings (SSSR count). The van der Waals surface area contributed by atoms with Crippen molar-refractivity contribution in [2.24, 2.45) is 11.1 Å². The maximum atomic E-state index is 13.9. The predicted molar refractivity (Wildman–Crippen MR) is 75.0 cm³/mol. The smallest absolute Gasteiger partial charge is 0.173 e. The minimum atomic E-state index is -0.805. The van der Waals surface area contributed by atoms with Gasteiger partial charge in [-0.15, -0.1) is 0 Å². The Hall–Kier alpha value is -0.840. The first-order valence-corrected chi connectivity index (χ1v) is 6.61. The molecule has 0 saturated heterocycles. The summed E-state index contributed by atoms with van der Waals surface area (Å²) in [5, 5.41) is 10.3. The summed E-state index contributed by atoms with van der Waals surface area (Å²) in [4.78, 5) is 0. The number of hydrogen-bond acceptors (Lipinski definition) is 3. The van der Waals surface area contributed by atoms with Gasteiger partial charge in [-0.05, 0) is 30.0 Å². The van der Waals surface area contributed by atoms with Crippen LogP contribution in [0, 0.1) is 11.2 Å². The quantitative estimate of drug-likeness (QED) is 0.894. The van der Waals surface area contributed by atoms with Crippen LogP contribution < -0.4 is 10.5 Å². The van der Waals surface area contributed by atoms with Crippen LogP contribution in [0.15, 0.2) is 12.1 Å². The monoisotopic (exact) mass is 289 g/mol. The number of hydrogen-bond donors (Lipinski definition) is 2. The fourth-order valence-electron chi connectivity index (χ4n) is 1.78. The summed E-state index contributed by atoms with van der Waals surface area (Å²) in [5.74, 6) is -0.550. The number of nitrogens with two attached hydrogens (primary N) is 1. The normalized spacial score (nSPS) is 15.2. The lowest BCUT2D eigenvalue weighted by atomic mass is 9.82. The second-order valence-electron chi connectivity index (χ2n) is 5.58. The summed E-state index contributed by atoms with van der Waals surface area (Å²) in [7, 11) is 0. The lowest BCUT2D eigenvalue weighted by molar-refractivity contribution is 0.0400. The van der Waals surface area contributed by atoms with Gasteiger partial charge in [-0.3, -0.25) is 0 Å². The van der Waals surface area contributed by atoms with Crippen molar-refractivity contribution in [2.45, 2.75) is 39.8 Å². The minimum absolute atomic E-state index is 0.0189. The average Bonchev–Trinajstić information content (AvgIpc) is 2.30. The molecule has 0 radical (unpaired) electrons. The maximum absolute atomic E-state index is 13.9. The van der Waals surface area contributed by atoms with Gasteiger partial charge in [-0.1, -0.05) is 32.4 Å². The van der Waals surface area contributed by atoms with Gasteiger partial charge in [0.1, 0.15) is 0 Å². The van der Waals surface area contributed by atoms with Crippen LogP contribution >= 0.6 is 11.6 Å². The first kappa shape index (κ1) is 16.2. The third-order valence-electron chi connectivity index (χ3n) is 2.92.